The molecule has 104 valence electrons. The number of anilines is 2. The second kappa shape index (κ2) is 6.05. The van der Waals surface area contributed by atoms with Crippen molar-refractivity contribution in [2.24, 2.45) is 0 Å². The number of nitrogens with one attached hydrogen (secondary N) is 1. The molecule has 0 bridgehead atoms. The molecule has 0 aliphatic heterocycles. The first-order chi connectivity index (χ1) is 9.49. The summed E-state index contributed by atoms with van der Waals surface area (Å²) < 4.78 is 13.4. The molecule has 3 nitrogen and oxygen atoms in total. The van der Waals surface area contributed by atoms with Gasteiger partial charge in [0.2, 0.25) is 0 Å². The molecule has 0 saturated heterocycles. The van der Waals surface area contributed by atoms with E-state index in [1.807, 2.05) is 43.3 Å². The molecule has 2 rings (SSSR count). The number of rotatable bonds is 3. The predicted octanol–water partition coefficient (Wildman–Crippen LogP) is 3.91. The van der Waals surface area contributed by atoms with Crippen molar-refractivity contribution in [3.8, 4) is 0 Å². The summed E-state index contributed by atoms with van der Waals surface area (Å²) in [5.41, 5.74) is 2.01. The molecule has 20 heavy (non-hydrogen) atoms. The van der Waals surface area contributed by atoms with Crippen molar-refractivity contribution in [1.82, 2.24) is 0 Å². The molecule has 0 saturated carbocycles. The second-order valence-electron chi connectivity index (χ2n) is 4.49. The zero-order chi connectivity index (χ0) is 14.7. The molecule has 0 aliphatic rings. The monoisotopic (exact) mass is 336 g/mol. The lowest BCUT2D eigenvalue weighted by molar-refractivity contribution is 0.102. The van der Waals surface area contributed by atoms with Gasteiger partial charge >= 0.3 is 0 Å². The highest BCUT2D eigenvalue weighted by Gasteiger charge is 2.11. The lowest BCUT2D eigenvalue weighted by Crippen LogP contribution is -2.16. The van der Waals surface area contributed by atoms with Crippen LogP contribution in [-0.2, 0) is 0 Å². The quantitative estimate of drug-likeness (QED) is 0.921. The topological polar surface area (TPSA) is 32.3 Å². The van der Waals surface area contributed by atoms with Crippen molar-refractivity contribution in [2.75, 3.05) is 24.3 Å². The molecule has 0 aliphatic carbocycles. The van der Waals surface area contributed by atoms with Crippen molar-refractivity contribution in [3.63, 3.8) is 0 Å². The van der Waals surface area contributed by atoms with E-state index in [4.69, 9.17) is 0 Å². The lowest BCUT2D eigenvalue weighted by atomic mass is 10.2. The largest absolute Gasteiger partial charge is 0.376 e. The fourth-order valence-corrected chi connectivity index (χ4v) is 2.18. The van der Waals surface area contributed by atoms with Gasteiger partial charge in [0.25, 0.3) is 5.91 Å². The highest BCUT2D eigenvalue weighted by molar-refractivity contribution is 9.10. The number of para-hydroxylation sites is 2. The molecular formula is C15H14BrFN2O. The number of benzene rings is 2. The average molecular weight is 337 g/mol. The molecule has 2 aromatic carbocycles. The van der Waals surface area contributed by atoms with Gasteiger partial charge in [0, 0.05) is 19.7 Å². The highest BCUT2D eigenvalue weighted by Crippen LogP contribution is 2.24. The maximum absolute atomic E-state index is 13.2. The van der Waals surface area contributed by atoms with Crippen LogP contribution in [0.4, 0.5) is 15.8 Å². The smallest absolute Gasteiger partial charge is 0.255 e. The predicted molar refractivity (Wildman–Crippen MR) is 82.8 cm³/mol. The lowest BCUT2D eigenvalue weighted by Gasteiger charge is -2.17. The van der Waals surface area contributed by atoms with Crippen LogP contribution in [0.25, 0.3) is 0 Å². The standard InChI is InChI=1S/C15H14BrFN2O/c1-19(2)14-6-4-3-5-13(14)18-15(20)10-7-8-12(17)11(16)9-10/h3-9H,1-2H3,(H,18,20). The third-order valence-electron chi connectivity index (χ3n) is 2.82. The number of carbonyl (C=O) groups is 1. The van der Waals surface area contributed by atoms with Gasteiger partial charge in [0.05, 0.1) is 15.8 Å². The average Bonchev–Trinajstić information content (AvgIpc) is 2.42. The van der Waals surface area contributed by atoms with E-state index in [1.165, 1.54) is 18.2 Å². The Morgan fingerprint density at radius 1 is 1.20 bits per heavy atom. The molecular weight excluding hydrogens is 323 g/mol. The maximum Gasteiger partial charge on any atom is 0.255 e. The molecule has 0 aromatic heterocycles. The van der Waals surface area contributed by atoms with Crippen LogP contribution >= 0.6 is 15.9 Å². The molecule has 2 aromatic rings. The molecule has 5 heteroatoms. The molecule has 1 amide bonds. The molecule has 0 heterocycles. The van der Waals surface area contributed by atoms with Gasteiger partial charge in [-0.3, -0.25) is 4.79 Å². The van der Waals surface area contributed by atoms with Crippen LogP contribution in [-0.4, -0.2) is 20.0 Å². The van der Waals surface area contributed by atoms with Crippen LogP contribution in [0.15, 0.2) is 46.9 Å². The van der Waals surface area contributed by atoms with Gasteiger partial charge in [0.15, 0.2) is 0 Å². The highest BCUT2D eigenvalue weighted by atomic mass is 79.9. The summed E-state index contributed by atoms with van der Waals surface area (Å²) in [6, 6.07) is 11.7. The molecule has 0 atom stereocenters. The van der Waals surface area contributed by atoms with Crippen molar-refractivity contribution in [2.45, 2.75) is 0 Å². The van der Waals surface area contributed by atoms with Gasteiger partial charge in [-0.25, -0.2) is 4.39 Å². The molecule has 0 spiro atoms. The van der Waals surface area contributed by atoms with Gasteiger partial charge in [-0.2, -0.15) is 0 Å². The van der Waals surface area contributed by atoms with Crippen LogP contribution in [0.1, 0.15) is 10.4 Å². The third-order valence-corrected chi connectivity index (χ3v) is 3.42. The zero-order valence-corrected chi connectivity index (χ0v) is 12.7. The van der Waals surface area contributed by atoms with Gasteiger partial charge in [0.1, 0.15) is 5.82 Å². The molecule has 0 fully saturated rings. The van der Waals surface area contributed by atoms with Gasteiger partial charge in [-0.15, -0.1) is 0 Å². The first kappa shape index (κ1) is 14.5. The number of carbonyl (C=O) groups excluding carboxylic acids is 1. The van der Waals surface area contributed by atoms with Crippen LogP contribution in [0.2, 0.25) is 0 Å². The summed E-state index contributed by atoms with van der Waals surface area (Å²) in [7, 11) is 3.80. The van der Waals surface area contributed by atoms with E-state index in [9.17, 15) is 9.18 Å². The number of hydrogen-bond donors (Lipinski definition) is 1. The molecule has 0 unspecified atom stereocenters. The fraction of sp³-hybridized carbons (Fsp3) is 0.133. The van der Waals surface area contributed by atoms with Crippen molar-refractivity contribution < 1.29 is 9.18 Å². The van der Waals surface area contributed by atoms with E-state index in [1.54, 1.807) is 0 Å². The zero-order valence-electron chi connectivity index (χ0n) is 11.2. The van der Waals surface area contributed by atoms with Crippen molar-refractivity contribution in [1.29, 1.82) is 0 Å². The summed E-state index contributed by atoms with van der Waals surface area (Å²) in [4.78, 5) is 14.1. The molecule has 0 radical (unpaired) electrons. The van der Waals surface area contributed by atoms with E-state index in [0.29, 0.717) is 11.3 Å². The van der Waals surface area contributed by atoms with Crippen molar-refractivity contribution in [3.05, 3.63) is 58.3 Å². The minimum Gasteiger partial charge on any atom is -0.376 e. The van der Waals surface area contributed by atoms with Crippen LogP contribution in [0.3, 0.4) is 0 Å². The number of amides is 1. The number of hydrogen-bond acceptors (Lipinski definition) is 2. The van der Waals surface area contributed by atoms with E-state index >= 15 is 0 Å². The van der Waals surface area contributed by atoms with Crippen LogP contribution in [0.5, 0.6) is 0 Å². The van der Waals surface area contributed by atoms with E-state index < -0.39 is 5.82 Å². The maximum atomic E-state index is 13.2. The fourth-order valence-electron chi connectivity index (χ4n) is 1.80. The minimum absolute atomic E-state index is 0.269. The Hall–Kier alpha value is -1.88. The first-order valence-electron chi connectivity index (χ1n) is 6.02. The van der Waals surface area contributed by atoms with Crippen LogP contribution < -0.4 is 10.2 Å². The number of halogens is 2. The Labute approximate surface area is 125 Å². The second-order valence-corrected chi connectivity index (χ2v) is 5.35. The molecule has 1 N–H and O–H groups in total. The Morgan fingerprint density at radius 3 is 2.55 bits per heavy atom. The van der Waals surface area contributed by atoms with E-state index in [0.717, 1.165) is 5.69 Å². The Morgan fingerprint density at radius 2 is 1.90 bits per heavy atom. The van der Waals surface area contributed by atoms with E-state index in [2.05, 4.69) is 21.2 Å². The summed E-state index contributed by atoms with van der Waals surface area (Å²) in [6.07, 6.45) is 0. The summed E-state index contributed by atoms with van der Waals surface area (Å²) in [6.45, 7) is 0. The van der Waals surface area contributed by atoms with Gasteiger partial charge in [-0.1, -0.05) is 12.1 Å². The third kappa shape index (κ3) is 3.17. The summed E-state index contributed by atoms with van der Waals surface area (Å²) in [5, 5.41) is 2.83. The summed E-state index contributed by atoms with van der Waals surface area (Å²) in [5.74, 6) is -0.671. The minimum atomic E-state index is -0.393. The number of nitrogens with zero attached hydrogens (tertiary/aromatic N) is 1. The first-order valence-corrected chi connectivity index (χ1v) is 6.81. The van der Waals surface area contributed by atoms with E-state index in [-0.39, 0.29) is 10.4 Å². The summed E-state index contributed by atoms with van der Waals surface area (Å²) >= 11 is 3.07. The normalized spacial score (nSPS) is 10.2. The Balaban J connectivity index is 2.26. The Bertz CT molecular complexity index is 644. The van der Waals surface area contributed by atoms with Gasteiger partial charge in [-0.05, 0) is 46.3 Å². The van der Waals surface area contributed by atoms with Crippen molar-refractivity contribution >= 4 is 33.2 Å². The van der Waals surface area contributed by atoms with Crippen LogP contribution in [0, 0.1) is 5.82 Å². The Kier molecular flexibility index (Phi) is 4.39. The van der Waals surface area contributed by atoms with Gasteiger partial charge < -0.3 is 10.2 Å². The SMILES string of the molecule is CN(C)c1ccccc1NC(=O)c1ccc(F)c(Br)c1.